The van der Waals surface area contributed by atoms with Gasteiger partial charge >= 0.3 is 11.8 Å². The van der Waals surface area contributed by atoms with Crippen LogP contribution in [0.1, 0.15) is 41.0 Å². The molecule has 0 aliphatic heterocycles. The van der Waals surface area contributed by atoms with Crippen LogP contribution in [0.5, 0.6) is 0 Å². The lowest BCUT2D eigenvalue weighted by atomic mass is 10.0. The molecule has 1 rings (SSSR count). The number of ether oxygens (including phenoxy) is 1. The molecule has 0 fully saturated rings. The fourth-order valence-electron chi connectivity index (χ4n) is 2.71. The third-order valence-corrected chi connectivity index (χ3v) is 4.31. The first-order valence-corrected chi connectivity index (χ1v) is 10.0. The molecule has 0 aliphatic rings. The number of hydrogen-bond donors (Lipinski definition) is 2. The summed E-state index contributed by atoms with van der Waals surface area (Å²) in [5.41, 5.74) is -0.572. The second-order valence-electron chi connectivity index (χ2n) is 8.40. The van der Waals surface area contributed by atoms with Crippen LogP contribution in [0.4, 0.5) is 10.5 Å². The molecule has 0 radical (unpaired) electrons. The van der Waals surface area contributed by atoms with Gasteiger partial charge < -0.3 is 20.3 Å². The summed E-state index contributed by atoms with van der Waals surface area (Å²) in [4.78, 5) is 28.6. The van der Waals surface area contributed by atoms with Crippen molar-refractivity contribution in [3.63, 3.8) is 0 Å². The quantitative estimate of drug-likeness (QED) is 0.158. The third kappa shape index (κ3) is 11.2. The molecular formula is C19H36IN7O4. The normalized spacial score (nSPS) is 12.7. The lowest BCUT2D eigenvalue weighted by molar-refractivity contribution is -0.385. The zero-order valence-corrected chi connectivity index (χ0v) is 21.7. The van der Waals surface area contributed by atoms with Crippen molar-refractivity contribution in [1.29, 1.82) is 0 Å². The Morgan fingerprint density at radius 3 is 2.55 bits per heavy atom. The Kier molecular flexibility index (Phi) is 12.4. The molecule has 1 heterocycles. The van der Waals surface area contributed by atoms with Gasteiger partial charge in [-0.05, 0) is 33.1 Å². The molecule has 1 unspecified atom stereocenters. The number of nitrogens with zero attached hydrogens (tertiary/aromatic N) is 5. The first-order chi connectivity index (χ1) is 13.9. The van der Waals surface area contributed by atoms with Gasteiger partial charge in [0.15, 0.2) is 5.96 Å². The van der Waals surface area contributed by atoms with Crippen LogP contribution >= 0.6 is 24.0 Å². The van der Waals surface area contributed by atoms with Gasteiger partial charge in [-0.2, -0.15) is 5.10 Å². The number of rotatable bonds is 9. The van der Waals surface area contributed by atoms with Crippen LogP contribution in [-0.4, -0.2) is 70.5 Å². The molecule has 0 aromatic carbocycles. The van der Waals surface area contributed by atoms with Crippen molar-refractivity contribution in [3.8, 4) is 0 Å². The number of alkyl carbamates (subject to hydrolysis) is 1. The van der Waals surface area contributed by atoms with Crippen LogP contribution in [0.3, 0.4) is 0 Å². The van der Waals surface area contributed by atoms with Crippen LogP contribution in [0, 0.1) is 16.0 Å². The number of halogens is 1. The summed E-state index contributed by atoms with van der Waals surface area (Å²) in [5.74, 6) is 0.938. The van der Waals surface area contributed by atoms with E-state index in [0.717, 1.165) is 6.42 Å². The number of carbonyl (C=O) groups is 1. The molecule has 0 saturated carbocycles. The van der Waals surface area contributed by atoms with E-state index in [0.29, 0.717) is 25.6 Å². The van der Waals surface area contributed by atoms with E-state index in [9.17, 15) is 14.9 Å². The summed E-state index contributed by atoms with van der Waals surface area (Å²) in [6, 6.07) is -0.0370. The van der Waals surface area contributed by atoms with Crippen LogP contribution in [0.15, 0.2) is 17.4 Å². The Morgan fingerprint density at radius 1 is 1.42 bits per heavy atom. The number of carbonyl (C=O) groups excluding carboxylic acids is 1. The first-order valence-electron chi connectivity index (χ1n) is 10.0. The zero-order chi connectivity index (χ0) is 22.9. The highest BCUT2D eigenvalue weighted by atomic mass is 127. The molecule has 0 bridgehead atoms. The summed E-state index contributed by atoms with van der Waals surface area (Å²) in [6.45, 7) is 11.3. The van der Waals surface area contributed by atoms with E-state index < -0.39 is 16.6 Å². The summed E-state index contributed by atoms with van der Waals surface area (Å²) >= 11 is 0. The molecule has 1 aromatic rings. The van der Waals surface area contributed by atoms with Crippen molar-refractivity contribution in [2.24, 2.45) is 10.9 Å². The third-order valence-electron chi connectivity index (χ3n) is 4.31. The highest BCUT2D eigenvalue weighted by molar-refractivity contribution is 14.0. The predicted molar refractivity (Wildman–Crippen MR) is 131 cm³/mol. The van der Waals surface area contributed by atoms with Crippen LogP contribution in [0.25, 0.3) is 0 Å². The lowest BCUT2D eigenvalue weighted by Crippen LogP contribution is -2.45. The molecule has 0 aliphatic carbocycles. The van der Waals surface area contributed by atoms with Crippen molar-refractivity contribution < 1.29 is 14.5 Å². The van der Waals surface area contributed by atoms with E-state index in [1.807, 2.05) is 32.7 Å². The van der Waals surface area contributed by atoms with E-state index >= 15 is 0 Å². The smallest absolute Gasteiger partial charge is 0.407 e. The highest BCUT2D eigenvalue weighted by Gasteiger charge is 2.22. The number of aliphatic imine (C=N–C) groups is 1. The van der Waals surface area contributed by atoms with E-state index in [2.05, 4.69) is 34.6 Å². The van der Waals surface area contributed by atoms with Crippen molar-refractivity contribution in [2.75, 3.05) is 27.2 Å². The van der Waals surface area contributed by atoms with Gasteiger partial charge in [-0.1, -0.05) is 13.8 Å². The molecule has 178 valence electrons. The number of guanidine groups is 1. The summed E-state index contributed by atoms with van der Waals surface area (Å²) in [5, 5.41) is 20.8. The lowest BCUT2D eigenvalue weighted by Gasteiger charge is -2.28. The van der Waals surface area contributed by atoms with Crippen LogP contribution in [0.2, 0.25) is 0 Å². The molecular weight excluding hydrogens is 517 g/mol. The van der Waals surface area contributed by atoms with Gasteiger partial charge in [-0.15, -0.1) is 24.0 Å². The number of nitrogens with one attached hydrogen (secondary N) is 2. The molecule has 0 saturated heterocycles. The average Bonchev–Trinajstić information content (AvgIpc) is 3.09. The minimum atomic E-state index is -0.538. The fourth-order valence-corrected chi connectivity index (χ4v) is 2.71. The van der Waals surface area contributed by atoms with Crippen LogP contribution in [-0.2, 0) is 11.3 Å². The summed E-state index contributed by atoms with van der Waals surface area (Å²) in [7, 11) is 3.61. The molecule has 1 atom stereocenters. The maximum atomic E-state index is 12.1. The van der Waals surface area contributed by atoms with Crippen molar-refractivity contribution in [2.45, 2.75) is 59.2 Å². The Bertz CT molecular complexity index is 731. The van der Waals surface area contributed by atoms with Crippen molar-refractivity contribution in [3.05, 3.63) is 22.5 Å². The molecule has 11 nitrogen and oxygen atoms in total. The van der Waals surface area contributed by atoms with Crippen LogP contribution < -0.4 is 10.6 Å². The second kappa shape index (κ2) is 13.3. The van der Waals surface area contributed by atoms with Gasteiger partial charge in [0.2, 0.25) is 0 Å². The standard InChI is InChI=1S/C19H35N7O4.HI/c1-14(2)16(23-18(27)30-19(3,4)5)8-10-24(7)17(20-6)21-9-11-25-13-15(12-22-25)26(28)29;/h12-14,16H,8-11H2,1-7H3,(H,20,21)(H,23,27);1H. The molecule has 31 heavy (non-hydrogen) atoms. The molecule has 0 spiro atoms. The van der Waals surface area contributed by atoms with E-state index in [1.54, 1.807) is 7.05 Å². The van der Waals surface area contributed by atoms with Crippen molar-refractivity contribution >= 4 is 41.7 Å². The van der Waals surface area contributed by atoms with Gasteiger partial charge in [0, 0.05) is 33.2 Å². The fraction of sp³-hybridized carbons (Fsp3) is 0.737. The summed E-state index contributed by atoms with van der Waals surface area (Å²) in [6.07, 6.45) is 2.92. The maximum Gasteiger partial charge on any atom is 0.407 e. The Morgan fingerprint density at radius 2 is 2.06 bits per heavy atom. The van der Waals surface area contributed by atoms with Gasteiger partial charge in [0.05, 0.1) is 11.5 Å². The number of nitro groups is 1. The van der Waals surface area contributed by atoms with Gasteiger partial charge in [0.1, 0.15) is 18.0 Å². The zero-order valence-electron chi connectivity index (χ0n) is 19.4. The summed E-state index contributed by atoms with van der Waals surface area (Å²) < 4.78 is 6.87. The van der Waals surface area contributed by atoms with Gasteiger partial charge in [-0.25, -0.2) is 4.79 Å². The Labute approximate surface area is 201 Å². The largest absolute Gasteiger partial charge is 0.444 e. The maximum absolute atomic E-state index is 12.1. The van der Waals surface area contributed by atoms with E-state index in [-0.39, 0.29) is 41.6 Å². The monoisotopic (exact) mass is 553 g/mol. The van der Waals surface area contributed by atoms with E-state index in [4.69, 9.17) is 4.74 Å². The van der Waals surface area contributed by atoms with E-state index in [1.165, 1.54) is 17.1 Å². The second-order valence-corrected chi connectivity index (χ2v) is 8.40. The Hall–Kier alpha value is -2.12. The topological polar surface area (TPSA) is 127 Å². The van der Waals surface area contributed by atoms with Gasteiger partial charge in [-0.3, -0.25) is 19.8 Å². The number of amides is 1. The molecule has 12 heteroatoms. The number of aromatic nitrogens is 2. The highest BCUT2D eigenvalue weighted by Crippen LogP contribution is 2.11. The minimum Gasteiger partial charge on any atom is -0.444 e. The van der Waals surface area contributed by atoms with Crippen molar-refractivity contribution in [1.82, 2.24) is 25.3 Å². The average molecular weight is 553 g/mol. The Balaban J connectivity index is 0.00000900. The predicted octanol–water partition coefficient (Wildman–Crippen LogP) is 2.86. The van der Waals surface area contributed by atoms with Gasteiger partial charge in [0.25, 0.3) is 0 Å². The SMILES string of the molecule is CN=C(NCCn1cc([N+](=O)[O-])cn1)N(C)CCC(NC(=O)OC(C)(C)C)C(C)C.I. The molecule has 1 aromatic heterocycles. The number of hydrogen-bond acceptors (Lipinski definition) is 6. The molecule has 2 N–H and O–H groups in total. The minimum absolute atomic E-state index is 0. The first kappa shape index (κ1) is 28.9. The molecule has 1 amide bonds.